The van der Waals surface area contributed by atoms with Crippen LogP contribution < -0.4 is 5.32 Å². The molecule has 2 rings (SSSR count). The maximum atomic E-state index is 5.66. The molecule has 0 aliphatic heterocycles. The lowest BCUT2D eigenvalue weighted by atomic mass is 10.1. The van der Waals surface area contributed by atoms with Gasteiger partial charge in [-0.3, -0.25) is 0 Å². The highest BCUT2D eigenvalue weighted by Crippen LogP contribution is 2.21. The van der Waals surface area contributed by atoms with Crippen molar-refractivity contribution in [3.63, 3.8) is 0 Å². The average Bonchev–Trinajstić information content (AvgIpc) is 2.89. The summed E-state index contributed by atoms with van der Waals surface area (Å²) in [6, 6.07) is 8.86. The molecule has 110 valence electrons. The third-order valence-corrected chi connectivity index (χ3v) is 4.11. The van der Waals surface area contributed by atoms with Gasteiger partial charge in [0.25, 0.3) is 0 Å². The molecule has 2 aromatic rings. The minimum Gasteiger partial charge on any atom is -0.380 e. The molecule has 0 radical (unpaired) electrons. The third kappa shape index (κ3) is 5.21. The highest BCUT2D eigenvalue weighted by atomic mass is 32.1. The number of hydrogen-bond donors (Lipinski definition) is 1. The van der Waals surface area contributed by atoms with Crippen LogP contribution in [0.2, 0.25) is 0 Å². The first kappa shape index (κ1) is 15.4. The van der Waals surface area contributed by atoms with Crippen LogP contribution in [0, 0.1) is 0 Å². The fraction of sp³-hybridized carbons (Fsp3) is 0.500. The lowest BCUT2D eigenvalue weighted by Gasteiger charge is -2.10. The van der Waals surface area contributed by atoms with E-state index in [1.54, 1.807) is 11.3 Å². The normalized spacial score (nSPS) is 11.6. The molecule has 1 N–H and O–H groups in total. The van der Waals surface area contributed by atoms with Crippen LogP contribution in [0.15, 0.2) is 29.6 Å². The number of likely N-dealkylation sites (N-methyl/N-ethyl adjacent to an activating group) is 1. The zero-order valence-electron chi connectivity index (χ0n) is 12.4. The zero-order valence-corrected chi connectivity index (χ0v) is 13.2. The minimum atomic E-state index is 0.786. The zero-order chi connectivity index (χ0) is 14.2. The van der Waals surface area contributed by atoms with Crippen molar-refractivity contribution < 1.29 is 4.74 Å². The smallest absolute Gasteiger partial charge is 0.0591 e. The van der Waals surface area contributed by atoms with Crippen molar-refractivity contribution >= 4 is 21.4 Å². The van der Waals surface area contributed by atoms with E-state index in [0.29, 0.717) is 0 Å². The molecule has 0 fully saturated rings. The van der Waals surface area contributed by atoms with Gasteiger partial charge in [-0.05, 0) is 49.0 Å². The van der Waals surface area contributed by atoms with Crippen molar-refractivity contribution in [2.45, 2.75) is 6.42 Å². The van der Waals surface area contributed by atoms with Crippen LogP contribution in [0.25, 0.3) is 10.1 Å². The number of nitrogens with one attached hydrogen (secondary N) is 1. The van der Waals surface area contributed by atoms with E-state index in [4.69, 9.17) is 4.74 Å². The molecule has 0 aliphatic carbocycles. The standard InChI is InChI=1S/C16H24N2OS/c1-18(2)9-7-17-8-11-19-10-5-14-3-4-16-15(13-14)6-12-20-16/h3-4,6,12-13,17H,5,7-11H2,1-2H3. The van der Waals surface area contributed by atoms with Crippen molar-refractivity contribution in [2.75, 3.05) is 46.9 Å². The van der Waals surface area contributed by atoms with Gasteiger partial charge < -0.3 is 15.0 Å². The summed E-state index contributed by atoms with van der Waals surface area (Å²) in [7, 11) is 4.17. The number of hydrogen-bond acceptors (Lipinski definition) is 4. The van der Waals surface area contributed by atoms with E-state index in [0.717, 1.165) is 39.3 Å². The van der Waals surface area contributed by atoms with E-state index in [9.17, 15) is 0 Å². The molecule has 0 unspecified atom stereocenters. The Morgan fingerprint density at radius 3 is 2.90 bits per heavy atom. The number of ether oxygens (including phenoxy) is 1. The molecule has 3 nitrogen and oxygen atoms in total. The second-order valence-corrected chi connectivity index (χ2v) is 6.16. The summed E-state index contributed by atoms with van der Waals surface area (Å²) in [6.07, 6.45) is 0.990. The molecular weight excluding hydrogens is 268 g/mol. The molecule has 1 aromatic carbocycles. The molecule has 0 aliphatic rings. The van der Waals surface area contributed by atoms with Crippen LogP contribution >= 0.6 is 11.3 Å². The summed E-state index contributed by atoms with van der Waals surface area (Å²) in [5.41, 5.74) is 1.36. The summed E-state index contributed by atoms with van der Waals surface area (Å²) in [5, 5.41) is 6.86. The summed E-state index contributed by atoms with van der Waals surface area (Å²) in [4.78, 5) is 2.18. The number of thiophene rings is 1. The van der Waals surface area contributed by atoms with Crippen molar-refractivity contribution in [1.82, 2.24) is 10.2 Å². The summed E-state index contributed by atoms with van der Waals surface area (Å²) in [6.45, 7) is 4.60. The molecule has 20 heavy (non-hydrogen) atoms. The summed E-state index contributed by atoms with van der Waals surface area (Å²) < 4.78 is 7.03. The van der Waals surface area contributed by atoms with Crippen molar-refractivity contribution in [3.05, 3.63) is 35.2 Å². The van der Waals surface area contributed by atoms with Gasteiger partial charge in [0.1, 0.15) is 0 Å². The summed E-state index contributed by atoms with van der Waals surface area (Å²) in [5.74, 6) is 0. The lowest BCUT2D eigenvalue weighted by Crippen LogP contribution is -2.29. The molecule has 1 heterocycles. The van der Waals surface area contributed by atoms with E-state index in [2.05, 4.69) is 54.0 Å². The first-order chi connectivity index (χ1) is 9.75. The molecule has 0 amide bonds. The van der Waals surface area contributed by atoms with Gasteiger partial charge in [-0.1, -0.05) is 12.1 Å². The maximum absolute atomic E-state index is 5.66. The molecule has 0 atom stereocenters. The fourth-order valence-corrected chi connectivity index (χ4v) is 2.81. The van der Waals surface area contributed by atoms with Crippen LogP contribution in [0.4, 0.5) is 0 Å². The van der Waals surface area contributed by atoms with Crippen LogP contribution in [-0.2, 0) is 11.2 Å². The van der Waals surface area contributed by atoms with Crippen molar-refractivity contribution in [3.8, 4) is 0 Å². The topological polar surface area (TPSA) is 24.5 Å². The van der Waals surface area contributed by atoms with Gasteiger partial charge >= 0.3 is 0 Å². The number of fused-ring (bicyclic) bond motifs is 1. The minimum absolute atomic E-state index is 0.786. The average molecular weight is 292 g/mol. The molecule has 0 saturated heterocycles. The van der Waals surface area contributed by atoms with Crippen LogP contribution in [0.1, 0.15) is 5.56 Å². The highest BCUT2D eigenvalue weighted by molar-refractivity contribution is 7.17. The Balaban J connectivity index is 1.56. The predicted octanol–water partition coefficient (Wildman–Crippen LogP) is 2.61. The summed E-state index contributed by atoms with van der Waals surface area (Å²) >= 11 is 1.79. The second kappa shape index (κ2) is 8.37. The molecule has 0 bridgehead atoms. The largest absolute Gasteiger partial charge is 0.380 e. The number of rotatable bonds is 9. The Morgan fingerprint density at radius 1 is 1.15 bits per heavy atom. The van der Waals surface area contributed by atoms with Crippen LogP contribution in [0.3, 0.4) is 0 Å². The van der Waals surface area contributed by atoms with Crippen LogP contribution in [-0.4, -0.2) is 51.8 Å². The SMILES string of the molecule is CN(C)CCNCCOCCc1ccc2sccc2c1. The molecule has 1 aromatic heterocycles. The van der Waals surface area contributed by atoms with Crippen molar-refractivity contribution in [2.24, 2.45) is 0 Å². The Morgan fingerprint density at radius 2 is 2.05 bits per heavy atom. The van der Waals surface area contributed by atoms with Gasteiger partial charge in [-0.2, -0.15) is 0 Å². The predicted molar refractivity (Wildman–Crippen MR) is 87.8 cm³/mol. The van der Waals surface area contributed by atoms with Crippen LogP contribution in [0.5, 0.6) is 0 Å². The Hall–Kier alpha value is -0.940. The number of nitrogens with zero attached hydrogens (tertiary/aromatic N) is 1. The van der Waals surface area contributed by atoms with E-state index in [-0.39, 0.29) is 0 Å². The van der Waals surface area contributed by atoms with E-state index >= 15 is 0 Å². The van der Waals surface area contributed by atoms with E-state index < -0.39 is 0 Å². The quantitative estimate of drug-likeness (QED) is 0.719. The first-order valence-corrected chi connectivity index (χ1v) is 8.03. The maximum Gasteiger partial charge on any atom is 0.0591 e. The molecular formula is C16H24N2OS. The van der Waals surface area contributed by atoms with Gasteiger partial charge in [-0.25, -0.2) is 0 Å². The Bertz CT molecular complexity index is 510. The van der Waals surface area contributed by atoms with Gasteiger partial charge in [0.05, 0.1) is 13.2 Å². The lowest BCUT2D eigenvalue weighted by molar-refractivity contribution is 0.138. The Kier molecular flexibility index (Phi) is 6.47. The molecule has 4 heteroatoms. The molecule has 0 saturated carbocycles. The number of benzene rings is 1. The van der Waals surface area contributed by atoms with E-state index in [1.165, 1.54) is 15.6 Å². The molecule has 0 spiro atoms. The fourth-order valence-electron chi connectivity index (χ4n) is 2.04. The first-order valence-electron chi connectivity index (χ1n) is 7.15. The van der Waals surface area contributed by atoms with E-state index in [1.807, 2.05) is 0 Å². The van der Waals surface area contributed by atoms with Gasteiger partial charge in [0.2, 0.25) is 0 Å². The monoisotopic (exact) mass is 292 g/mol. The van der Waals surface area contributed by atoms with Gasteiger partial charge in [0.15, 0.2) is 0 Å². The second-order valence-electron chi connectivity index (χ2n) is 5.21. The van der Waals surface area contributed by atoms with Gasteiger partial charge in [-0.15, -0.1) is 11.3 Å². The van der Waals surface area contributed by atoms with Crippen molar-refractivity contribution in [1.29, 1.82) is 0 Å². The highest BCUT2D eigenvalue weighted by Gasteiger charge is 1.98. The third-order valence-electron chi connectivity index (χ3n) is 3.21. The Labute approximate surface area is 125 Å². The van der Waals surface area contributed by atoms with Gasteiger partial charge in [0, 0.05) is 24.3 Å².